The van der Waals surface area contributed by atoms with Gasteiger partial charge in [0, 0.05) is 26.3 Å². The SMILES string of the molecule is CCOC(=O)CCCC(Sc1ccc(Cl)cc1)Sc1ccc(Cl)cc1. The molecule has 0 aliphatic heterocycles. The molecule has 0 saturated carbocycles. The molecule has 2 rings (SSSR count). The number of esters is 1. The summed E-state index contributed by atoms with van der Waals surface area (Å²) in [5.41, 5.74) is 0. The zero-order chi connectivity index (χ0) is 18.1. The second kappa shape index (κ2) is 11.0. The Balaban J connectivity index is 1.97. The molecule has 0 bridgehead atoms. The van der Waals surface area contributed by atoms with Gasteiger partial charge in [0.2, 0.25) is 0 Å². The quantitative estimate of drug-likeness (QED) is 0.252. The van der Waals surface area contributed by atoms with Gasteiger partial charge in [-0.05, 0) is 68.3 Å². The number of ether oxygens (including phenoxy) is 1. The molecule has 2 nitrogen and oxygen atoms in total. The maximum atomic E-state index is 11.6. The van der Waals surface area contributed by atoms with Crippen LogP contribution in [0.25, 0.3) is 0 Å². The average Bonchev–Trinajstić information content (AvgIpc) is 2.59. The van der Waals surface area contributed by atoms with Crippen LogP contribution < -0.4 is 0 Å². The Labute approximate surface area is 167 Å². The highest BCUT2D eigenvalue weighted by molar-refractivity contribution is 8.17. The minimum absolute atomic E-state index is 0.130. The van der Waals surface area contributed by atoms with E-state index in [1.54, 1.807) is 23.5 Å². The standard InChI is InChI=1S/C19H20Cl2O2S2/c1-2-23-18(22)4-3-5-19(24-16-10-6-14(20)7-11-16)25-17-12-8-15(21)9-13-17/h6-13,19H,2-5H2,1H3. The number of hydrogen-bond donors (Lipinski definition) is 0. The van der Waals surface area contributed by atoms with Crippen LogP contribution in [0.5, 0.6) is 0 Å². The second-order valence-electron chi connectivity index (χ2n) is 5.27. The molecule has 0 unspecified atom stereocenters. The van der Waals surface area contributed by atoms with Crippen molar-refractivity contribution in [3.8, 4) is 0 Å². The van der Waals surface area contributed by atoms with E-state index in [0.717, 1.165) is 32.7 Å². The molecule has 0 aromatic heterocycles. The lowest BCUT2D eigenvalue weighted by Crippen LogP contribution is -2.05. The number of rotatable bonds is 9. The summed E-state index contributed by atoms with van der Waals surface area (Å²) in [5, 5.41) is 1.46. The van der Waals surface area contributed by atoms with Crippen LogP contribution >= 0.6 is 46.7 Å². The molecule has 0 atom stereocenters. The highest BCUT2D eigenvalue weighted by atomic mass is 35.5. The number of hydrogen-bond acceptors (Lipinski definition) is 4. The van der Waals surface area contributed by atoms with E-state index in [1.165, 1.54) is 0 Å². The van der Waals surface area contributed by atoms with Crippen LogP contribution in [0, 0.1) is 0 Å². The van der Waals surface area contributed by atoms with Crippen molar-refractivity contribution in [3.05, 3.63) is 58.6 Å². The molecule has 2 aromatic rings. The summed E-state index contributed by atoms with van der Waals surface area (Å²) >= 11 is 15.5. The van der Waals surface area contributed by atoms with Crippen LogP contribution in [0.15, 0.2) is 58.3 Å². The topological polar surface area (TPSA) is 26.3 Å². The highest BCUT2D eigenvalue weighted by Gasteiger charge is 2.14. The third-order valence-electron chi connectivity index (χ3n) is 3.29. The Morgan fingerprint density at radius 3 is 1.88 bits per heavy atom. The van der Waals surface area contributed by atoms with Gasteiger partial charge in [-0.15, -0.1) is 23.5 Å². The summed E-state index contributed by atoms with van der Waals surface area (Å²) in [5.74, 6) is -0.130. The van der Waals surface area contributed by atoms with Gasteiger partial charge >= 0.3 is 5.97 Å². The Hall–Kier alpha value is -0.810. The number of benzene rings is 2. The summed E-state index contributed by atoms with van der Waals surface area (Å²) < 4.78 is 5.29. The third kappa shape index (κ3) is 7.95. The van der Waals surface area contributed by atoms with Crippen LogP contribution in [0.3, 0.4) is 0 Å². The largest absolute Gasteiger partial charge is 0.466 e. The summed E-state index contributed by atoms with van der Waals surface area (Å²) in [7, 11) is 0. The van der Waals surface area contributed by atoms with Crippen molar-refractivity contribution in [2.45, 2.75) is 40.6 Å². The number of carbonyl (C=O) groups excluding carboxylic acids is 1. The first-order valence-electron chi connectivity index (χ1n) is 8.07. The smallest absolute Gasteiger partial charge is 0.305 e. The van der Waals surface area contributed by atoms with E-state index >= 15 is 0 Å². The maximum Gasteiger partial charge on any atom is 0.305 e. The zero-order valence-corrected chi connectivity index (χ0v) is 17.1. The van der Waals surface area contributed by atoms with Crippen LogP contribution in [-0.4, -0.2) is 17.2 Å². The van der Waals surface area contributed by atoms with Gasteiger partial charge in [0.15, 0.2) is 0 Å². The first-order valence-corrected chi connectivity index (χ1v) is 10.6. The van der Waals surface area contributed by atoms with Crippen molar-refractivity contribution in [2.24, 2.45) is 0 Å². The van der Waals surface area contributed by atoms with E-state index in [4.69, 9.17) is 27.9 Å². The first kappa shape index (κ1) is 20.5. The van der Waals surface area contributed by atoms with Gasteiger partial charge in [0.25, 0.3) is 0 Å². The normalized spacial score (nSPS) is 10.9. The van der Waals surface area contributed by atoms with Crippen LogP contribution in [0.1, 0.15) is 26.2 Å². The lowest BCUT2D eigenvalue weighted by molar-refractivity contribution is -0.143. The van der Waals surface area contributed by atoms with Crippen LogP contribution in [0.4, 0.5) is 0 Å². The molecule has 134 valence electrons. The minimum Gasteiger partial charge on any atom is -0.466 e. The fourth-order valence-electron chi connectivity index (χ4n) is 2.12. The van der Waals surface area contributed by atoms with Crippen molar-refractivity contribution >= 4 is 52.7 Å². The van der Waals surface area contributed by atoms with Crippen molar-refractivity contribution in [3.63, 3.8) is 0 Å². The molecule has 0 amide bonds. The second-order valence-corrected chi connectivity index (χ2v) is 8.99. The summed E-state index contributed by atoms with van der Waals surface area (Å²) in [6.07, 6.45) is 2.15. The lowest BCUT2D eigenvalue weighted by atomic mass is 10.2. The van der Waals surface area contributed by atoms with Gasteiger partial charge in [0.1, 0.15) is 0 Å². The molecule has 6 heteroatoms. The highest BCUT2D eigenvalue weighted by Crippen LogP contribution is 2.39. The molecule has 0 saturated heterocycles. The predicted octanol–water partition coefficient (Wildman–Crippen LogP) is 6.94. The van der Waals surface area contributed by atoms with Gasteiger partial charge in [-0.1, -0.05) is 23.2 Å². The fourth-order valence-corrected chi connectivity index (χ4v) is 4.99. The molecule has 0 heterocycles. The maximum absolute atomic E-state index is 11.6. The third-order valence-corrected chi connectivity index (χ3v) is 6.46. The lowest BCUT2D eigenvalue weighted by Gasteiger charge is -2.16. The van der Waals surface area contributed by atoms with E-state index < -0.39 is 0 Å². The van der Waals surface area contributed by atoms with E-state index in [1.807, 2.05) is 55.5 Å². The molecule has 25 heavy (non-hydrogen) atoms. The Morgan fingerprint density at radius 2 is 1.44 bits per heavy atom. The van der Waals surface area contributed by atoms with Gasteiger partial charge in [0.05, 0.1) is 11.2 Å². The van der Waals surface area contributed by atoms with E-state index in [2.05, 4.69) is 0 Å². The fraction of sp³-hybridized carbons (Fsp3) is 0.316. The summed E-state index contributed by atoms with van der Waals surface area (Å²) in [6, 6.07) is 15.7. The molecule has 2 aromatic carbocycles. The van der Waals surface area contributed by atoms with Gasteiger partial charge in [-0.3, -0.25) is 4.79 Å². The predicted molar refractivity (Wildman–Crippen MR) is 109 cm³/mol. The Morgan fingerprint density at radius 1 is 0.960 bits per heavy atom. The molecule has 0 radical (unpaired) electrons. The van der Waals surface area contributed by atoms with Gasteiger partial charge in [-0.2, -0.15) is 0 Å². The van der Waals surface area contributed by atoms with Crippen molar-refractivity contribution < 1.29 is 9.53 Å². The van der Waals surface area contributed by atoms with Gasteiger partial charge in [-0.25, -0.2) is 0 Å². The van der Waals surface area contributed by atoms with Crippen molar-refractivity contribution in [1.29, 1.82) is 0 Å². The Bertz CT molecular complexity index is 613. The van der Waals surface area contributed by atoms with Crippen LogP contribution in [-0.2, 0) is 9.53 Å². The summed E-state index contributed by atoms with van der Waals surface area (Å²) in [6.45, 7) is 2.26. The average molecular weight is 415 g/mol. The monoisotopic (exact) mass is 414 g/mol. The van der Waals surface area contributed by atoms with Gasteiger partial charge < -0.3 is 4.74 Å². The van der Waals surface area contributed by atoms with Crippen LogP contribution in [0.2, 0.25) is 10.0 Å². The Kier molecular flexibility index (Phi) is 9.04. The number of thioether (sulfide) groups is 2. The first-order chi connectivity index (χ1) is 12.1. The molecular formula is C19H20Cl2O2S2. The zero-order valence-electron chi connectivity index (χ0n) is 13.9. The van der Waals surface area contributed by atoms with E-state index in [0.29, 0.717) is 13.0 Å². The molecular weight excluding hydrogens is 395 g/mol. The molecule has 0 N–H and O–H groups in total. The molecule has 0 aliphatic carbocycles. The van der Waals surface area contributed by atoms with E-state index in [-0.39, 0.29) is 10.6 Å². The molecule has 0 spiro atoms. The molecule has 0 aliphatic rings. The minimum atomic E-state index is -0.130. The van der Waals surface area contributed by atoms with Crippen molar-refractivity contribution in [1.82, 2.24) is 0 Å². The summed E-state index contributed by atoms with van der Waals surface area (Å²) in [4.78, 5) is 13.9. The number of halogens is 2. The van der Waals surface area contributed by atoms with Crippen molar-refractivity contribution in [2.75, 3.05) is 6.61 Å². The number of carbonyl (C=O) groups is 1. The van der Waals surface area contributed by atoms with E-state index in [9.17, 15) is 4.79 Å². The molecule has 0 fully saturated rings.